The summed E-state index contributed by atoms with van der Waals surface area (Å²) in [6.45, 7) is 4.04. The van der Waals surface area contributed by atoms with E-state index in [0.717, 1.165) is 0 Å². The van der Waals surface area contributed by atoms with Crippen molar-refractivity contribution < 1.29 is 8.78 Å². The van der Waals surface area contributed by atoms with Gasteiger partial charge < -0.3 is 0 Å². The van der Waals surface area contributed by atoms with Crippen LogP contribution in [0.5, 0.6) is 0 Å². The molecular weight excluding hydrogens is 210 g/mol. The molecule has 0 N–H and O–H groups in total. The number of hydrogen-bond donors (Lipinski definition) is 0. The van der Waals surface area contributed by atoms with Gasteiger partial charge in [-0.15, -0.1) is 0 Å². The van der Waals surface area contributed by atoms with E-state index in [1.165, 1.54) is 18.2 Å². The van der Waals surface area contributed by atoms with Crippen LogP contribution in [0.1, 0.15) is 19.4 Å². The summed E-state index contributed by atoms with van der Waals surface area (Å²) >= 11 is 0. The first kappa shape index (κ1) is 12.6. The Morgan fingerprint density at radius 3 is 2.31 bits per heavy atom. The molecule has 0 bridgehead atoms. The van der Waals surface area contributed by atoms with Crippen molar-refractivity contribution in [3.63, 3.8) is 0 Å². The lowest BCUT2D eigenvalue weighted by atomic mass is 10.1. The smallest absolute Gasteiger partial charge is 0.130 e. The van der Waals surface area contributed by atoms with E-state index >= 15 is 0 Å². The molecule has 0 heterocycles. The molecule has 0 aliphatic heterocycles. The predicted molar refractivity (Wildman–Crippen MR) is 57.5 cm³/mol. The molecule has 0 saturated heterocycles. The van der Waals surface area contributed by atoms with Crippen molar-refractivity contribution >= 4 is 0 Å². The van der Waals surface area contributed by atoms with Crippen LogP contribution in [0.3, 0.4) is 0 Å². The highest BCUT2D eigenvalue weighted by atomic mass is 19.1. The second kappa shape index (κ2) is 5.57. The van der Waals surface area contributed by atoms with E-state index in [-0.39, 0.29) is 24.7 Å². The number of nitrogens with zero attached hydrogens (tertiary/aromatic N) is 2. The summed E-state index contributed by atoms with van der Waals surface area (Å²) in [6, 6.07) is 5.84. The van der Waals surface area contributed by atoms with Crippen LogP contribution in [0.2, 0.25) is 0 Å². The summed E-state index contributed by atoms with van der Waals surface area (Å²) in [5, 5.41) is 8.62. The first-order chi connectivity index (χ1) is 7.56. The Morgan fingerprint density at radius 1 is 1.31 bits per heavy atom. The summed E-state index contributed by atoms with van der Waals surface area (Å²) in [7, 11) is 0. The number of rotatable bonds is 4. The fourth-order valence-electron chi connectivity index (χ4n) is 1.40. The summed E-state index contributed by atoms with van der Waals surface area (Å²) < 4.78 is 26.7. The van der Waals surface area contributed by atoms with Crippen LogP contribution in [0.4, 0.5) is 8.78 Å². The third kappa shape index (κ3) is 3.01. The molecule has 0 aliphatic carbocycles. The third-order valence-corrected chi connectivity index (χ3v) is 2.43. The molecule has 0 spiro atoms. The van der Waals surface area contributed by atoms with E-state index in [1.54, 1.807) is 4.90 Å². The lowest BCUT2D eigenvalue weighted by Gasteiger charge is -2.23. The molecule has 0 atom stereocenters. The molecule has 86 valence electrons. The molecule has 0 amide bonds. The second-order valence-electron chi connectivity index (χ2n) is 3.86. The van der Waals surface area contributed by atoms with Crippen LogP contribution in [0, 0.1) is 23.0 Å². The quantitative estimate of drug-likeness (QED) is 0.735. The van der Waals surface area contributed by atoms with Crippen LogP contribution >= 0.6 is 0 Å². The highest BCUT2D eigenvalue weighted by Crippen LogP contribution is 2.15. The first-order valence-corrected chi connectivity index (χ1v) is 5.10. The molecule has 0 fully saturated rings. The van der Waals surface area contributed by atoms with E-state index in [0.29, 0.717) is 0 Å². The molecular formula is C12H14F2N2. The van der Waals surface area contributed by atoms with Gasteiger partial charge in [0.25, 0.3) is 0 Å². The second-order valence-corrected chi connectivity index (χ2v) is 3.86. The van der Waals surface area contributed by atoms with Gasteiger partial charge in [0.1, 0.15) is 11.6 Å². The maximum absolute atomic E-state index is 13.4. The Bertz CT molecular complexity index is 376. The molecule has 0 saturated carbocycles. The Morgan fingerprint density at radius 2 is 1.88 bits per heavy atom. The topological polar surface area (TPSA) is 27.0 Å². The fraction of sp³-hybridized carbons (Fsp3) is 0.417. The number of hydrogen-bond acceptors (Lipinski definition) is 2. The molecule has 1 aromatic carbocycles. The molecule has 0 unspecified atom stereocenters. The van der Waals surface area contributed by atoms with Crippen molar-refractivity contribution in [1.29, 1.82) is 5.26 Å². The zero-order valence-electron chi connectivity index (χ0n) is 9.37. The van der Waals surface area contributed by atoms with Gasteiger partial charge in [0.15, 0.2) is 0 Å². The summed E-state index contributed by atoms with van der Waals surface area (Å²) in [4.78, 5) is 1.71. The van der Waals surface area contributed by atoms with Gasteiger partial charge in [0.05, 0.1) is 12.6 Å². The molecule has 0 radical (unpaired) electrons. The zero-order valence-corrected chi connectivity index (χ0v) is 9.37. The van der Waals surface area contributed by atoms with Crippen molar-refractivity contribution in [2.24, 2.45) is 0 Å². The Kier molecular flexibility index (Phi) is 4.39. The molecule has 0 aromatic heterocycles. The van der Waals surface area contributed by atoms with Crippen LogP contribution < -0.4 is 0 Å². The maximum Gasteiger partial charge on any atom is 0.130 e. The minimum Gasteiger partial charge on any atom is -0.284 e. The zero-order chi connectivity index (χ0) is 12.1. The summed E-state index contributed by atoms with van der Waals surface area (Å²) in [5.41, 5.74) is 0.0199. The molecule has 16 heavy (non-hydrogen) atoms. The van der Waals surface area contributed by atoms with Crippen molar-refractivity contribution in [1.82, 2.24) is 4.90 Å². The van der Waals surface area contributed by atoms with Gasteiger partial charge in [-0.3, -0.25) is 4.90 Å². The van der Waals surface area contributed by atoms with Crippen LogP contribution in [0.25, 0.3) is 0 Å². The van der Waals surface area contributed by atoms with Crippen LogP contribution in [0.15, 0.2) is 18.2 Å². The van der Waals surface area contributed by atoms with E-state index in [9.17, 15) is 8.78 Å². The van der Waals surface area contributed by atoms with E-state index < -0.39 is 11.6 Å². The minimum atomic E-state index is -0.566. The first-order valence-electron chi connectivity index (χ1n) is 5.10. The van der Waals surface area contributed by atoms with Gasteiger partial charge in [0.2, 0.25) is 0 Å². The molecule has 2 nitrogen and oxygen atoms in total. The predicted octanol–water partition coefficient (Wildman–Crippen LogP) is 2.70. The number of nitriles is 1. The van der Waals surface area contributed by atoms with Gasteiger partial charge in [-0.05, 0) is 26.0 Å². The SMILES string of the molecule is CC(C)N(CC#N)Cc1c(F)cccc1F. The van der Waals surface area contributed by atoms with Gasteiger partial charge in [-0.2, -0.15) is 5.26 Å². The molecule has 0 aliphatic rings. The summed E-state index contributed by atoms with van der Waals surface area (Å²) in [5.74, 6) is -1.13. The average molecular weight is 224 g/mol. The van der Waals surface area contributed by atoms with Crippen LogP contribution in [-0.2, 0) is 6.54 Å². The maximum atomic E-state index is 13.4. The van der Waals surface area contributed by atoms with E-state index in [1.807, 2.05) is 19.9 Å². The normalized spacial score (nSPS) is 10.8. The molecule has 4 heteroatoms. The van der Waals surface area contributed by atoms with Crippen molar-refractivity contribution in [2.75, 3.05) is 6.54 Å². The van der Waals surface area contributed by atoms with Crippen molar-refractivity contribution in [2.45, 2.75) is 26.4 Å². The lowest BCUT2D eigenvalue weighted by molar-refractivity contribution is 0.233. The fourth-order valence-corrected chi connectivity index (χ4v) is 1.40. The van der Waals surface area contributed by atoms with E-state index in [2.05, 4.69) is 0 Å². The number of benzene rings is 1. The van der Waals surface area contributed by atoms with Gasteiger partial charge in [-0.25, -0.2) is 8.78 Å². The van der Waals surface area contributed by atoms with Gasteiger partial charge >= 0.3 is 0 Å². The number of halogens is 2. The molecule has 1 rings (SSSR count). The van der Waals surface area contributed by atoms with Crippen LogP contribution in [-0.4, -0.2) is 17.5 Å². The van der Waals surface area contributed by atoms with Crippen molar-refractivity contribution in [3.05, 3.63) is 35.4 Å². The summed E-state index contributed by atoms with van der Waals surface area (Å²) in [6.07, 6.45) is 0. The monoisotopic (exact) mass is 224 g/mol. The Labute approximate surface area is 94.1 Å². The highest BCUT2D eigenvalue weighted by Gasteiger charge is 2.15. The minimum absolute atomic E-state index is 0.0199. The Balaban J connectivity index is 2.90. The van der Waals surface area contributed by atoms with Gasteiger partial charge in [0, 0.05) is 18.2 Å². The highest BCUT2D eigenvalue weighted by molar-refractivity contribution is 5.19. The molecule has 1 aromatic rings. The standard InChI is InChI=1S/C12H14F2N2/c1-9(2)16(7-6-15)8-10-11(13)4-3-5-12(10)14/h3-5,9H,7-8H2,1-2H3. The Hall–Kier alpha value is -1.47. The average Bonchev–Trinajstić information content (AvgIpc) is 2.21. The van der Waals surface area contributed by atoms with Gasteiger partial charge in [-0.1, -0.05) is 6.07 Å². The third-order valence-electron chi connectivity index (χ3n) is 2.43. The van der Waals surface area contributed by atoms with Crippen molar-refractivity contribution in [3.8, 4) is 6.07 Å². The van der Waals surface area contributed by atoms with E-state index in [4.69, 9.17) is 5.26 Å². The largest absolute Gasteiger partial charge is 0.284 e. The lowest BCUT2D eigenvalue weighted by Crippen LogP contribution is -2.31.